The van der Waals surface area contributed by atoms with Gasteiger partial charge in [0.1, 0.15) is 6.04 Å². The molecule has 1 fully saturated rings. The lowest BCUT2D eigenvalue weighted by atomic mass is 10.0. The van der Waals surface area contributed by atoms with Crippen molar-refractivity contribution < 1.29 is 9.53 Å². The zero-order chi connectivity index (χ0) is 13.0. The quantitative estimate of drug-likeness (QED) is 0.791. The summed E-state index contributed by atoms with van der Waals surface area (Å²) in [5.74, 6) is -0.0622. The zero-order valence-electron chi connectivity index (χ0n) is 10.5. The Kier molecular flexibility index (Phi) is 5.21. The molecular weight excluding hydrogens is 314 g/mol. The number of hydrogen-bond acceptors (Lipinski definition) is 4. The van der Waals surface area contributed by atoms with Crippen LogP contribution in [0.2, 0.25) is 0 Å². The molecule has 0 aromatic carbocycles. The van der Waals surface area contributed by atoms with Crippen molar-refractivity contribution in [1.29, 1.82) is 0 Å². The highest BCUT2D eigenvalue weighted by Crippen LogP contribution is 2.26. The predicted octanol–water partition coefficient (Wildman–Crippen LogP) is 3.43. The molecule has 0 aliphatic carbocycles. The van der Waals surface area contributed by atoms with Gasteiger partial charge in [-0.1, -0.05) is 6.42 Å². The number of rotatable bonds is 4. The van der Waals surface area contributed by atoms with E-state index in [0.717, 1.165) is 29.7 Å². The molecule has 1 aliphatic rings. The molecule has 2 heterocycles. The summed E-state index contributed by atoms with van der Waals surface area (Å²) >= 11 is 5.21. The first kappa shape index (κ1) is 14.0. The van der Waals surface area contributed by atoms with Gasteiger partial charge in [-0.15, -0.1) is 11.3 Å². The van der Waals surface area contributed by atoms with Gasteiger partial charge in [0.15, 0.2) is 0 Å². The predicted molar refractivity (Wildman–Crippen MR) is 76.7 cm³/mol. The summed E-state index contributed by atoms with van der Waals surface area (Å²) in [6.07, 6.45) is 3.21. The fourth-order valence-corrected chi connectivity index (χ4v) is 3.83. The second-order valence-corrected chi connectivity index (χ2v) is 6.99. The second kappa shape index (κ2) is 6.68. The highest BCUT2D eigenvalue weighted by atomic mass is 79.9. The Morgan fingerprint density at radius 2 is 2.39 bits per heavy atom. The monoisotopic (exact) mass is 331 g/mol. The topological polar surface area (TPSA) is 29.5 Å². The molecule has 0 radical (unpaired) electrons. The van der Waals surface area contributed by atoms with Gasteiger partial charge in [0, 0.05) is 11.4 Å². The Morgan fingerprint density at radius 3 is 3.06 bits per heavy atom. The maximum Gasteiger partial charge on any atom is 0.323 e. The van der Waals surface area contributed by atoms with E-state index in [0.29, 0.717) is 6.61 Å². The molecule has 5 heteroatoms. The standard InChI is InChI=1S/C13H18BrNO2S/c1-2-17-13(16)11-5-3-4-8-15(11)9-10-6-7-12(14)18-10/h6-7,11H,2-5,8-9H2,1H3. The number of thiophene rings is 1. The third-order valence-corrected chi connectivity index (χ3v) is 4.77. The number of hydrogen-bond donors (Lipinski definition) is 0. The van der Waals surface area contributed by atoms with E-state index in [9.17, 15) is 4.79 Å². The van der Waals surface area contributed by atoms with E-state index >= 15 is 0 Å². The van der Waals surface area contributed by atoms with Crippen LogP contribution in [0.25, 0.3) is 0 Å². The third-order valence-electron chi connectivity index (χ3n) is 3.16. The summed E-state index contributed by atoms with van der Waals surface area (Å²) in [4.78, 5) is 15.5. The molecule has 3 nitrogen and oxygen atoms in total. The van der Waals surface area contributed by atoms with Crippen molar-refractivity contribution in [3.8, 4) is 0 Å². The van der Waals surface area contributed by atoms with Gasteiger partial charge in [0.2, 0.25) is 0 Å². The van der Waals surface area contributed by atoms with Crippen LogP contribution >= 0.6 is 27.3 Å². The lowest BCUT2D eigenvalue weighted by Gasteiger charge is -2.33. The largest absolute Gasteiger partial charge is 0.465 e. The summed E-state index contributed by atoms with van der Waals surface area (Å²) in [7, 11) is 0. The fraction of sp³-hybridized carbons (Fsp3) is 0.615. The zero-order valence-corrected chi connectivity index (χ0v) is 12.9. The molecule has 0 N–H and O–H groups in total. The highest BCUT2D eigenvalue weighted by molar-refractivity contribution is 9.11. The summed E-state index contributed by atoms with van der Waals surface area (Å²) in [6, 6.07) is 4.12. The maximum atomic E-state index is 11.9. The number of nitrogens with zero attached hydrogens (tertiary/aromatic N) is 1. The maximum absolute atomic E-state index is 11.9. The minimum atomic E-state index is -0.0622. The lowest BCUT2D eigenvalue weighted by molar-refractivity contribution is -0.151. The van der Waals surface area contributed by atoms with E-state index in [4.69, 9.17) is 4.74 Å². The molecule has 0 saturated carbocycles. The van der Waals surface area contributed by atoms with Gasteiger partial charge in [0.05, 0.1) is 10.4 Å². The van der Waals surface area contributed by atoms with E-state index in [2.05, 4.69) is 33.0 Å². The molecule has 1 unspecified atom stereocenters. The van der Waals surface area contributed by atoms with Crippen molar-refractivity contribution in [1.82, 2.24) is 4.90 Å². The Balaban J connectivity index is 2.01. The van der Waals surface area contributed by atoms with Crippen LogP contribution in [-0.2, 0) is 16.1 Å². The van der Waals surface area contributed by atoms with Crippen molar-refractivity contribution in [2.24, 2.45) is 0 Å². The summed E-state index contributed by atoms with van der Waals surface area (Å²) in [5, 5.41) is 0. The van der Waals surface area contributed by atoms with Crippen LogP contribution < -0.4 is 0 Å². The van der Waals surface area contributed by atoms with Crippen LogP contribution in [-0.4, -0.2) is 30.1 Å². The number of halogens is 1. The fourth-order valence-electron chi connectivity index (χ4n) is 2.32. The Hall–Kier alpha value is -0.390. The van der Waals surface area contributed by atoms with E-state index in [-0.39, 0.29) is 12.0 Å². The van der Waals surface area contributed by atoms with E-state index in [1.165, 1.54) is 11.3 Å². The van der Waals surface area contributed by atoms with Gasteiger partial charge in [-0.25, -0.2) is 0 Å². The number of piperidine rings is 1. The molecule has 2 rings (SSSR count). The molecule has 1 saturated heterocycles. The van der Waals surface area contributed by atoms with Crippen LogP contribution in [0.3, 0.4) is 0 Å². The average molecular weight is 332 g/mol. The minimum absolute atomic E-state index is 0.0559. The van der Waals surface area contributed by atoms with Crippen LogP contribution in [0.4, 0.5) is 0 Å². The van der Waals surface area contributed by atoms with Gasteiger partial charge in [-0.3, -0.25) is 9.69 Å². The Bertz CT molecular complexity index is 407. The van der Waals surface area contributed by atoms with Crippen molar-refractivity contribution in [3.05, 3.63) is 20.8 Å². The number of carbonyl (C=O) groups is 1. The summed E-state index contributed by atoms with van der Waals surface area (Å²) < 4.78 is 6.31. The van der Waals surface area contributed by atoms with E-state index in [1.807, 2.05) is 6.92 Å². The molecule has 0 amide bonds. The van der Waals surface area contributed by atoms with E-state index < -0.39 is 0 Å². The number of esters is 1. The SMILES string of the molecule is CCOC(=O)C1CCCCN1Cc1ccc(Br)s1. The van der Waals surface area contributed by atoms with Gasteiger partial charge >= 0.3 is 5.97 Å². The Morgan fingerprint density at radius 1 is 1.56 bits per heavy atom. The van der Waals surface area contributed by atoms with Gasteiger partial charge in [-0.2, -0.15) is 0 Å². The first-order chi connectivity index (χ1) is 8.70. The van der Waals surface area contributed by atoms with Crippen molar-refractivity contribution in [2.45, 2.75) is 38.8 Å². The minimum Gasteiger partial charge on any atom is -0.465 e. The molecule has 0 spiro atoms. The van der Waals surface area contributed by atoms with Gasteiger partial charge < -0.3 is 4.74 Å². The van der Waals surface area contributed by atoms with Gasteiger partial charge in [-0.05, 0) is 54.4 Å². The number of carbonyl (C=O) groups excluding carboxylic acids is 1. The normalized spacial score (nSPS) is 20.9. The first-order valence-electron chi connectivity index (χ1n) is 6.35. The third kappa shape index (κ3) is 3.56. The lowest BCUT2D eigenvalue weighted by Crippen LogP contribution is -2.44. The number of ether oxygens (including phenoxy) is 1. The molecule has 1 aliphatic heterocycles. The summed E-state index contributed by atoms with van der Waals surface area (Å²) in [6.45, 7) is 4.16. The second-order valence-electron chi connectivity index (χ2n) is 4.44. The van der Waals surface area contributed by atoms with Gasteiger partial charge in [0.25, 0.3) is 0 Å². The van der Waals surface area contributed by atoms with Crippen LogP contribution in [0.1, 0.15) is 31.1 Å². The number of likely N-dealkylation sites (tertiary alicyclic amines) is 1. The Labute approximate surface area is 120 Å². The molecule has 1 aromatic rings. The molecule has 1 aromatic heterocycles. The van der Waals surface area contributed by atoms with Crippen molar-refractivity contribution in [3.63, 3.8) is 0 Å². The smallest absolute Gasteiger partial charge is 0.323 e. The molecule has 100 valence electrons. The van der Waals surface area contributed by atoms with Crippen LogP contribution in [0.5, 0.6) is 0 Å². The first-order valence-corrected chi connectivity index (χ1v) is 7.96. The molecular formula is C13H18BrNO2S. The highest BCUT2D eigenvalue weighted by Gasteiger charge is 2.29. The molecule has 1 atom stereocenters. The van der Waals surface area contributed by atoms with Crippen LogP contribution in [0, 0.1) is 0 Å². The van der Waals surface area contributed by atoms with Crippen molar-refractivity contribution >= 4 is 33.2 Å². The van der Waals surface area contributed by atoms with E-state index in [1.54, 1.807) is 11.3 Å². The average Bonchev–Trinajstić information content (AvgIpc) is 2.76. The summed E-state index contributed by atoms with van der Waals surface area (Å²) in [5.41, 5.74) is 0. The van der Waals surface area contributed by atoms with Crippen molar-refractivity contribution in [2.75, 3.05) is 13.2 Å². The molecule has 0 bridgehead atoms. The van der Waals surface area contributed by atoms with Crippen LogP contribution in [0.15, 0.2) is 15.9 Å². The molecule has 18 heavy (non-hydrogen) atoms.